The van der Waals surface area contributed by atoms with Crippen LogP contribution in [0, 0.1) is 6.57 Å². The summed E-state index contributed by atoms with van der Waals surface area (Å²) in [7, 11) is -3.80. The van der Waals surface area contributed by atoms with Crippen LogP contribution in [0.3, 0.4) is 0 Å². The molecule has 1 unspecified atom stereocenters. The van der Waals surface area contributed by atoms with Crippen molar-refractivity contribution in [1.29, 1.82) is 0 Å². The van der Waals surface area contributed by atoms with E-state index in [0.717, 1.165) is 0 Å². The predicted molar refractivity (Wildman–Crippen MR) is 88.1 cm³/mol. The molecule has 0 saturated carbocycles. The second-order valence-electron chi connectivity index (χ2n) is 6.38. The van der Waals surface area contributed by atoms with E-state index in [4.69, 9.17) is 6.57 Å². The highest BCUT2D eigenvalue weighted by Gasteiger charge is 2.45. The molecule has 18 heavy (non-hydrogen) atoms. The first kappa shape index (κ1) is 15.6. The van der Waals surface area contributed by atoms with Crippen LogP contribution in [0.4, 0.5) is 0 Å². The first-order valence-corrected chi connectivity index (χ1v) is 14.3. The maximum atomic E-state index is 7.64. The van der Waals surface area contributed by atoms with Gasteiger partial charge in [-0.1, -0.05) is 57.5 Å². The molecule has 0 fully saturated rings. The van der Waals surface area contributed by atoms with Gasteiger partial charge in [0.15, 0.2) is 0 Å². The van der Waals surface area contributed by atoms with Crippen LogP contribution in [0.5, 0.6) is 0 Å². The van der Waals surface area contributed by atoms with Crippen LogP contribution < -0.4 is 5.30 Å². The Labute approximate surface area is 115 Å². The van der Waals surface area contributed by atoms with Gasteiger partial charge >= 0.3 is 8.22 Å². The zero-order chi connectivity index (χ0) is 14.0. The highest BCUT2D eigenvalue weighted by atomic mass is 31.1. The average molecular weight is 294 g/mol. The van der Waals surface area contributed by atoms with Gasteiger partial charge in [-0.05, 0) is 12.1 Å². The Hall–Kier alpha value is -0.466. The molecule has 98 valence electrons. The van der Waals surface area contributed by atoms with Crippen molar-refractivity contribution in [2.45, 2.75) is 39.3 Å². The first-order chi connectivity index (χ1) is 8.18. The highest BCUT2D eigenvalue weighted by Crippen LogP contribution is 2.47. The molecule has 0 radical (unpaired) electrons. The summed E-state index contributed by atoms with van der Waals surface area (Å²) in [5.74, 6) is 0. The molecule has 0 amide bonds. The molecule has 0 spiro atoms. The Kier molecular flexibility index (Phi) is 4.91. The van der Waals surface area contributed by atoms with Crippen LogP contribution in [0.25, 0.3) is 4.62 Å². The van der Waals surface area contributed by atoms with Crippen LogP contribution >= 0.6 is 8.22 Å². The molecule has 5 heteroatoms. The summed E-state index contributed by atoms with van der Waals surface area (Å²) in [5, 5.41) is 1.20. The molecule has 0 aliphatic heterocycles. The van der Waals surface area contributed by atoms with Gasteiger partial charge in [0, 0.05) is 0 Å². The Morgan fingerprint density at radius 3 is 1.72 bits per heavy atom. The van der Waals surface area contributed by atoms with Gasteiger partial charge in [0.1, 0.15) is 16.5 Å². The van der Waals surface area contributed by atoms with E-state index in [0.29, 0.717) is 0 Å². The molecule has 0 saturated heterocycles. The van der Waals surface area contributed by atoms with Crippen molar-refractivity contribution >= 4 is 30.0 Å². The molecule has 1 aromatic rings. The fourth-order valence-electron chi connectivity index (χ4n) is 2.35. The summed E-state index contributed by atoms with van der Waals surface area (Å²) < 4.78 is 6.62. The molecule has 1 atom stereocenters. The van der Waals surface area contributed by atoms with E-state index in [9.17, 15) is 0 Å². The van der Waals surface area contributed by atoms with Gasteiger partial charge in [0.2, 0.25) is 0 Å². The average Bonchev–Trinajstić information content (AvgIpc) is 2.23. The Morgan fingerprint density at radius 1 is 0.944 bits per heavy atom. The zero-order valence-corrected chi connectivity index (χ0v) is 15.1. The van der Waals surface area contributed by atoms with Crippen LogP contribution in [0.1, 0.15) is 0 Å². The van der Waals surface area contributed by atoms with E-state index in [-0.39, 0.29) is 0 Å². The monoisotopic (exact) mass is 294 g/mol. The molecule has 0 aliphatic carbocycles. The first-order valence-electron chi connectivity index (χ1n) is 6.21. The van der Waals surface area contributed by atoms with E-state index in [1.165, 1.54) is 5.30 Å². The summed E-state index contributed by atoms with van der Waals surface area (Å²) in [6.07, 6.45) is 0. The molecule has 0 aromatic heterocycles. The third-order valence-corrected chi connectivity index (χ3v) is 15.2. The van der Waals surface area contributed by atoms with E-state index >= 15 is 0 Å². The summed E-state index contributed by atoms with van der Waals surface area (Å²) in [5.41, 5.74) is 0. The third-order valence-electron chi connectivity index (χ3n) is 2.54. The lowest BCUT2D eigenvalue weighted by atomic mass is 10.4. The standard InChI is InChI=1S/C13H23N2PSi2/c1-14-16(13-11-9-8-10-12-13)15(17(2,3)4)18(5,6)7/h8-12H,2-7H3. The van der Waals surface area contributed by atoms with Gasteiger partial charge < -0.3 is 0 Å². The second kappa shape index (κ2) is 5.67. The summed E-state index contributed by atoms with van der Waals surface area (Å²) in [6, 6.07) is 10.3. The van der Waals surface area contributed by atoms with Crippen molar-refractivity contribution < 1.29 is 0 Å². The van der Waals surface area contributed by atoms with Crippen LogP contribution in [-0.2, 0) is 0 Å². The van der Waals surface area contributed by atoms with Crippen molar-refractivity contribution in [3.63, 3.8) is 0 Å². The molecule has 0 heterocycles. The number of benzene rings is 1. The molecular weight excluding hydrogens is 271 g/mol. The summed E-state index contributed by atoms with van der Waals surface area (Å²) in [6.45, 7) is 21.8. The lowest BCUT2D eigenvalue weighted by Crippen LogP contribution is -2.56. The number of hydrogen-bond acceptors (Lipinski definition) is 1. The van der Waals surface area contributed by atoms with E-state index in [1.54, 1.807) is 0 Å². The van der Waals surface area contributed by atoms with Gasteiger partial charge in [-0.25, -0.2) is 6.57 Å². The third kappa shape index (κ3) is 3.76. The minimum atomic E-state index is -1.48. The van der Waals surface area contributed by atoms with Crippen LogP contribution in [-0.4, -0.2) is 20.5 Å². The van der Waals surface area contributed by atoms with E-state index in [2.05, 4.69) is 60.0 Å². The highest BCUT2D eigenvalue weighted by molar-refractivity contribution is 7.69. The van der Waals surface area contributed by atoms with Crippen LogP contribution in [0.15, 0.2) is 30.3 Å². The normalized spacial score (nSPS) is 14.3. The minimum Gasteiger partial charge on any atom is -0.281 e. The van der Waals surface area contributed by atoms with E-state index in [1.807, 2.05) is 18.2 Å². The molecule has 2 nitrogen and oxygen atoms in total. The Bertz CT molecular complexity index is 415. The molecule has 0 N–H and O–H groups in total. The lowest BCUT2D eigenvalue weighted by Gasteiger charge is -2.41. The number of rotatable bonds is 4. The van der Waals surface area contributed by atoms with Crippen molar-refractivity contribution in [1.82, 2.24) is 4.00 Å². The second-order valence-corrected chi connectivity index (χ2v) is 18.9. The van der Waals surface area contributed by atoms with Crippen LogP contribution in [0.2, 0.25) is 39.3 Å². The largest absolute Gasteiger partial charge is 0.372 e. The van der Waals surface area contributed by atoms with Gasteiger partial charge in [-0.15, -0.1) is 0 Å². The Balaban J connectivity index is 3.24. The van der Waals surface area contributed by atoms with Gasteiger partial charge in [0.25, 0.3) is 0 Å². The molecule has 0 bridgehead atoms. The SMILES string of the molecule is [C-]#[N+]P(c1ccccc1)N([Si](C)(C)C)[Si](C)(C)C. The van der Waals surface area contributed by atoms with Crippen molar-refractivity contribution in [2.75, 3.05) is 0 Å². The number of nitrogens with zero attached hydrogens (tertiary/aromatic N) is 2. The molecule has 1 rings (SSSR count). The predicted octanol–water partition coefficient (Wildman–Crippen LogP) is 4.51. The fourth-order valence-corrected chi connectivity index (χ4v) is 16.8. The molecular formula is C13H23N2PSi2. The summed E-state index contributed by atoms with van der Waals surface area (Å²) in [4.78, 5) is 0. The maximum Gasteiger partial charge on any atom is 0.372 e. The van der Waals surface area contributed by atoms with Gasteiger partial charge in [-0.2, -0.15) is 0 Å². The minimum absolute atomic E-state index is 0.845. The summed E-state index contributed by atoms with van der Waals surface area (Å²) >= 11 is 0. The zero-order valence-electron chi connectivity index (χ0n) is 12.2. The molecule has 1 aromatic carbocycles. The number of hydrogen-bond donors (Lipinski definition) is 0. The topological polar surface area (TPSA) is 7.60 Å². The van der Waals surface area contributed by atoms with Gasteiger partial charge in [0.05, 0.1) is 5.30 Å². The Morgan fingerprint density at radius 2 is 1.39 bits per heavy atom. The quantitative estimate of drug-likeness (QED) is 0.450. The molecule has 0 aliphatic rings. The van der Waals surface area contributed by atoms with Crippen molar-refractivity contribution in [3.05, 3.63) is 41.5 Å². The van der Waals surface area contributed by atoms with Crippen molar-refractivity contribution in [3.8, 4) is 0 Å². The van der Waals surface area contributed by atoms with E-state index < -0.39 is 24.7 Å². The smallest absolute Gasteiger partial charge is 0.281 e. The maximum absolute atomic E-state index is 7.64. The fraction of sp³-hybridized carbons (Fsp3) is 0.462. The lowest BCUT2D eigenvalue weighted by molar-refractivity contribution is 0.982. The van der Waals surface area contributed by atoms with Crippen molar-refractivity contribution in [2.24, 2.45) is 0 Å². The van der Waals surface area contributed by atoms with Gasteiger partial charge in [-0.3, -0.25) is 8.62 Å².